The molecule has 0 aliphatic carbocycles. The maximum atomic E-state index is 11.8. The van der Waals surface area contributed by atoms with Gasteiger partial charge >= 0.3 is 0 Å². The summed E-state index contributed by atoms with van der Waals surface area (Å²) in [4.78, 5) is 12.6. The van der Waals surface area contributed by atoms with Gasteiger partial charge in [0.1, 0.15) is 4.88 Å². The fourth-order valence-electron chi connectivity index (χ4n) is 1.42. The van der Waals surface area contributed by atoms with E-state index in [0.29, 0.717) is 6.54 Å². The van der Waals surface area contributed by atoms with E-state index in [1.54, 1.807) is 0 Å². The number of halogens is 1. The maximum absolute atomic E-state index is 11.8. The van der Waals surface area contributed by atoms with Crippen LogP contribution in [0.1, 0.15) is 20.8 Å². The fourth-order valence-corrected chi connectivity index (χ4v) is 2.89. The second-order valence-electron chi connectivity index (χ2n) is 3.77. The van der Waals surface area contributed by atoms with Crippen molar-refractivity contribution in [3.8, 4) is 0 Å². The van der Waals surface area contributed by atoms with Crippen molar-refractivity contribution in [2.24, 2.45) is 0 Å². The van der Waals surface area contributed by atoms with Gasteiger partial charge in [0, 0.05) is 11.0 Å². The van der Waals surface area contributed by atoms with E-state index in [4.69, 9.17) is 0 Å². The van der Waals surface area contributed by atoms with E-state index in [1.165, 1.54) is 16.9 Å². The number of hydrogen-bond donors (Lipinski definition) is 1. The smallest absolute Gasteiger partial charge is 0.262 e. The molecule has 2 nitrogen and oxygen atoms in total. The van der Waals surface area contributed by atoms with Gasteiger partial charge in [-0.05, 0) is 39.9 Å². The summed E-state index contributed by atoms with van der Waals surface area (Å²) in [5, 5.41) is 4.80. The third-order valence-corrected chi connectivity index (χ3v) is 4.23. The molecule has 0 unspecified atom stereocenters. The lowest BCUT2D eigenvalue weighted by molar-refractivity contribution is 0.0954. The fraction of sp³-hybridized carbons (Fsp3) is 0.154. The monoisotopic (exact) mass is 309 g/mol. The summed E-state index contributed by atoms with van der Waals surface area (Å²) >= 11 is 4.79. The Morgan fingerprint density at radius 3 is 2.59 bits per heavy atom. The van der Waals surface area contributed by atoms with Crippen molar-refractivity contribution in [3.63, 3.8) is 0 Å². The Bertz CT molecular complexity index is 518. The Hall–Kier alpha value is -1.13. The first kappa shape index (κ1) is 12.3. The van der Waals surface area contributed by atoms with Crippen LogP contribution in [-0.4, -0.2) is 5.91 Å². The lowest BCUT2D eigenvalue weighted by Crippen LogP contribution is -2.22. The van der Waals surface area contributed by atoms with Gasteiger partial charge in [-0.3, -0.25) is 4.79 Å². The Morgan fingerprint density at radius 1 is 1.29 bits per heavy atom. The highest BCUT2D eigenvalue weighted by Gasteiger charge is 2.10. The third-order valence-electron chi connectivity index (χ3n) is 2.40. The summed E-state index contributed by atoms with van der Waals surface area (Å²) in [6.07, 6.45) is 0. The van der Waals surface area contributed by atoms with E-state index in [1.807, 2.05) is 42.6 Å². The SMILES string of the molecule is Cc1ccc(CNC(=O)c2sccc2Br)cc1. The van der Waals surface area contributed by atoms with Gasteiger partial charge in [0.05, 0.1) is 0 Å². The van der Waals surface area contributed by atoms with Crippen molar-refractivity contribution in [3.05, 3.63) is 56.2 Å². The number of carbonyl (C=O) groups is 1. The third kappa shape index (κ3) is 3.17. The zero-order chi connectivity index (χ0) is 12.3. The number of carbonyl (C=O) groups excluding carboxylic acids is 1. The Balaban J connectivity index is 1.97. The first-order chi connectivity index (χ1) is 8.16. The molecule has 0 radical (unpaired) electrons. The summed E-state index contributed by atoms with van der Waals surface area (Å²) in [5.74, 6) is -0.0348. The molecule has 0 saturated carbocycles. The number of hydrogen-bond acceptors (Lipinski definition) is 2. The summed E-state index contributed by atoms with van der Waals surface area (Å²) in [6.45, 7) is 2.61. The van der Waals surface area contributed by atoms with Crippen LogP contribution in [-0.2, 0) is 6.54 Å². The minimum absolute atomic E-state index is 0.0348. The van der Waals surface area contributed by atoms with Gasteiger partial charge in [0.2, 0.25) is 0 Å². The number of rotatable bonds is 3. The molecular formula is C13H12BrNOS. The highest BCUT2D eigenvalue weighted by Crippen LogP contribution is 2.22. The summed E-state index contributed by atoms with van der Waals surface area (Å²) in [6, 6.07) is 10.0. The maximum Gasteiger partial charge on any atom is 0.262 e. The summed E-state index contributed by atoms with van der Waals surface area (Å²) in [5.41, 5.74) is 2.33. The standard InChI is InChI=1S/C13H12BrNOS/c1-9-2-4-10(5-3-9)8-15-13(16)12-11(14)6-7-17-12/h2-7H,8H2,1H3,(H,15,16). The quantitative estimate of drug-likeness (QED) is 0.919. The Kier molecular flexibility index (Phi) is 3.97. The summed E-state index contributed by atoms with van der Waals surface area (Å²) in [7, 11) is 0. The van der Waals surface area contributed by atoms with Gasteiger partial charge in [-0.25, -0.2) is 0 Å². The summed E-state index contributed by atoms with van der Waals surface area (Å²) < 4.78 is 0.851. The molecule has 2 aromatic rings. The van der Waals surface area contributed by atoms with Crippen molar-refractivity contribution in [1.82, 2.24) is 5.32 Å². The first-order valence-corrected chi connectivity index (χ1v) is 6.91. The van der Waals surface area contributed by atoms with Gasteiger partial charge in [0.15, 0.2) is 0 Å². The van der Waals surface area contributed by atoms with Crippen LogP contribution in [0.25, 0.3) is 0 Å². The molecule has 88 valence electrons. The van der Waals surface area contributed by atoms with Crippen LogP contribution >= 0.6 is 27.3 Å². The minimum atomic E-state index is -0.0348. The number of benzene rings is 1. The van der Waals surface area contributed by atoms with Gasteiger partial charge in [-0.15, -0.1) is 11.3 Å². The average molecular weight is 310 g/mol. The van der Waals surface area contributed by atoms with Crippen molar-refractivity contribution >= 4 is 33.2 Å². The second-order valence-corrected chi connectivity index (χ2v) is 5.54. The van der Waals surface area contributed by atoms with Crippen molar-refractivity contribution < 1.29 is 4.79 Å². The largest absolute Gasteiger partial charge is 0.347 e. The zero-order valence-corrected chi connectivity index (χ0v) is 11.8. The molecule has 1 aromatic heterocycles. The molecule has 17 heavy (non-hydrogen) atoms. The lowest BCUT2D eigenvalue weighted by Gasteiger charge is -2.04. The van der Waals surface area contributed by atoms with E-state index in [2.05, 4.69) is 21.2 Å². The van der Waals surface area contributed by atoms with Gasteiger partial charge in [-0.1, -0.05) is 29.8 Å². The van der Waals surface area contributed by atoms with Crippen LogP contribution in [0.4, 0.5) is 0 Å². The predicted molar refractivity (Wildman–Crippen MR) is 74.4 cm³/mol. The van der Waals surface area contributed by atoms with Crippen LogP contribution in [0.15, 0.2) is 40.2 Å². The molecule has 0 aliphatic rings. The Morgan fingerprint density at radius 2 is 2.00 bits per heavy atom. The van der Waals surface area contributed by atoms with Crippen molar-refractivity contribution in [2.45, 2.75) is 13.5 Å². The molecule has 2 rings (SSSR count). The number of aryl methyl sites for hydroxylation is 1. The van der Waals surface area contributed by atoms with E-state index in [-0.39, 0.29) is 5.91 Å². The number of nitrogens with one attached hydrogen (secondary N) is 1. The number of thiophene rings is 1. The van der Waals surface area contributed by atoms with E-state index in [9.17, 15) is 4.79 Å². The highest BCUT2D eigenvalue weighted by molar-refractivity contribution is 9.10. The molecule has 0 atom stereocenters. The van der Waals surface area contributed by atoms with E-state index in [0.717, 1.165) is 14.9 Å². The molecule has 0 fully saturated rings. The molecule has 1 heterocycles. The molecule has 0 aliphatic heterocycles. The molecule has 0 spiro atoms. The van der Waals surface area contributed by atoms with E-state index < -0.39 is 0 Å². The van der Waals surface area contributed by atoms with Crippen LogP contribution < -0.4 is 5.32 Å². The van der Waals surface area contributed by atoms with Gasteiger partial charge in [-0.2, -0.15) is 0 Å². The topological polar surface area (TPSA) is 29.1 Å². The first-order valence-electron chi connectivity index (χ1n) is 5.23. The van der Waals surface area contributed by atoms with Gasteiger partial charge < -0.3 is 5.32 Å². The van der Waals surface area contributed by atoms with Crippen molar-refractivity contribution in [1.29, 1.82) is 0 Å². The lowest BCUT2D eigenvalue weighted by atomic mass is 10.1. The van der Waals surface area contributed by atoms with Crippen LogP contribution in [0.3, 0.4) is 0 Å². The van der Waals surface area contributed by atoms with Crippen LogP contribution in [0, 0.1) is 6.92 Å². The second kappa shape index (κ2) is 5.47. The van der Waals surface area contributed by atoms with Crippen molar-refractivity contribution in [2.75, 3.05) is 0 Å². The zero-order valence-electron chi connectivity index (χ0n) is 9.37. The van der Waals surface area contributed by atoms with Crippen LogP contribution in [0.5, 0.6) is 0 Å². The van der Waals surface area contributed by atoms with E-state index >= 15 is 0 Å². The molecule has 0 bridgehead atoms. The molecule has 1 N–H and O–H groups in total. The Labute approximate surface area is 113 Å². The molecular weight excluding hydrogens is 298 g/mol. The predicted octanol–water partition coefficient (Wildman–Crippen LogP) is 3.75. The molecule has 4 heteroatoms. The molecule has 1 amide bonds. The average Bonchev–Trinajstić information content (AvgIpc) is 2.74. The van der Waals surface area contributed by atoms with Crippen LogP contribution in [0.2, 0.25) is 0 Å². The number of amides is 1. The minimum Gasteiger partial charge on any atom is -0.347 e. The normalized spacial score (nSPS) is 10.2. The van der Waals surface area contributed by atoms with Gasteiger partial charge in [0.25, 0.3) is 5.91 Å². The molecule has 1 aromatic carbocycles. The molecule has 0 saturated heterocycles. The highest BCUT2D eigenvalue weighted by atomic mass is 79.9.